The molecular formula is C16H10ClN3O2S. The second-order valence-corrected chi connectivity index (χ2v) is 6.08. The molecule has 0 bridgehead atoms. The van der Waals surface area contributed by atoms with Gasteiger partial charge in [-0.05, 0) is 29.6 Å². The zero-order valence-electron chi connectivity index (χ0n) is 12.0. The lowest BCUT2D eigenvalue weighted by Gasteiger charge is -2.06. The Bertz CT molecular complexity index is 996. The number of halogens is 1. The Labute approximate surface area is 140 Å². The molecule has 3 heterocycles. The maximum absolute atomic E-state index is 6.14. The molecule has 5 nitrogen and oxygen atoms in total. The van der Waals surface area contributed by atoms with Crippen LogP contribution in [0, 0.1) is 0 Å². The third-order valence-electron chi connectivity index (χ3n) is 3.39. The van der Waals surface area contributed by atoms with Gasteiger partial charge < -0.3 is 9.26 Å². The van der Waals surface area contributed by atoms with Crippen molar-refractivity contribution in [3.63, 3.8) is 0 Å². The lowest BCUT2D eigenvalue weighted by atomic mass is 10.2. The van der Waals surface area contributed by atoms with Gasteiger partial charge in [-0.2, -0.15) is 4.98 Å². The summed E-state index contributed by atoms with van der Waals surface area (Å²) in [5.41, 5.74) is 1.45. The highest BCUT2D eigenvalue weighted by atomic mass is 35.5. The summed E-state index contributed by atoms with van der Waals surface area (Å²) in [6, 6.07) is 9.38. The topological polar surface area (TPSA) is 61.0 Å². The number of rotatable bonds is 3. The predicted molar refractivity (Wildman–Crippen MR) is 89.9 cm³/mol. The van der Waals surface area contributed by atoms with Gasteiger partial charge in [0.25, 0.3) is 5.89 Å². The number of thiophene rings is 1. The summed E-state index contributed by atoms with van der Waals surface area (Å²) in [6.45, 7) is 0. The van der Waals surface area contributed by atoms with Crippen LogP contribution in [0.15, 0.2) is 46.4 Å². The number of hydrogen-bond donors (Lipinski definition) is 0. The van der Waals surface area contributed by atoms with Gasteiger partial charge >= 0.3 is 0 Å². The van der Waals surface area contributed by atoms with Crippen LogP contribution in [-0.2, 0) is 0 Å². The van der Waals surface area contributed by atoms with Gasteiger partial charge in [0, 0.05) is 11.6 Å². The number of para-hydroxylation sites is 1. The minimum absolute atomic E-state index is 0.405. The predicted octanol–water partition coefficient (Wildman–Crippen LogP) is 4.68. The molecule has 0 N–H and O–H groups in total. The van der Waals surface area contributed by atoms with E-state index in [1.54, 1.807) is 30.7 Å². The maximum Gasteiger partial charge on any atom is 0.259 e. The van der Waals surface area contributed by atoms with Crippen molar-refractivity contribution in [3.05, 3.63) is 46.9 Å². The molecule has 4 aromatic rings. The van der Waals surface area contributed by atoms with Crippen molar-refractivity contribution in [2.75, 3.05) is 7.11 Å². The molecule has 114 valence electrons. The van der Waals surface area contributed by atoms with Crippen molar-refractivity contribution < 1.29 is 9.26 Å². The summed E-state index contributed by atoms with van der Waals surface area (Å²) in [5, 5.41) is 7.57. The third-order valence-corrected chi connectivity index (χ3v) is 4.53. The number of nitrogens with zero attached hydrogens (tertiary/aromatic N) is 3. The van der Waals surface area contributed by atoms with E-state index in [2.05, 4.69) is 15.1 Å². The molecule has 0 amide bonds. The van der Waals surface area contributed by atoms with Gasteiger partial charge in [-0.15, -0.1) is 11.3 Å². The number of pyridine rings is 1. The summed E-state index contributed by atoms with van der Waals surface area (Å²) in [5.74, 6) is 1.35. The first kappa shape index (κ1) is 14.2. The van der Waals surface area contributed by atoms with Crippen LogP contribution < -0.4 is 4.74 Å². The van der Waals surface area contributed by atoms with E-state index in [0.717, 1.165) is 15.8 Å². The smallest absolute Gasteiger partial charge is 0.259 e. The lowest BCUT2D eigenvalue weighted by Crippen LogP contribution is -1.90. The molecule has 0 saturated carbocycles. The number of fused-ring (bicyclic) bond motifs is 1. The van der Waals surface area contributed by atoms with E-state index in [-0.39, 0.29) is 0 Å². The molecule has 0 saturated heterocycles. The Morgan fingerprint density at radius 3 is 3.04 bits per heavy atom. The summed E-state index contributed by atoms with van der Waals surface area (Å²) >= 11 is 7.73. The molecule has 0 aliphatic rings. The van der Waals surface area contributed by atoms with E-state index in [1.165, 1.54) is 0 Å². The van der Waals surface area contributed by atoms with Gasteiger partial charge in [-0.25, -0.2) is 4.98 Å². The Kier molecular flexibility index (Phi) is 3.48. The minimum Gasteiger partial charge on any atom is -0.494 e. The van der Waals surface area contributed by atoms with Gasteiger partial charge in [-0.3, -0.25) is 0 Å². The van der Waals surface area contributed by atoms with Gasteiger partial charge in [0.1, 0.15) is 10.6 Å². The fraction of sp³-hybridized carbons (Fsp3) is 0.0625. The first-order chi connectivity index (χ1) is 11.3. The molecule has 0 aliphatic carbocycles. The number of benzene rings is 1. The first-order valence-corrected chi connectivity index (χ1v) is 8.02. The van der Waals surface area contributed by atoms with Gasteiger partial charge in [0.05, 0.1) is 23.3 Å². The van der Waals surface area contributed by atoms with Crippen LogP contribution in [-0.4, -0.2) is 22.2 Å². The van der Waals surface area contributed by atoms with Crippen molar-refractivity contribution in [2.45, 2.75) is 0 Å². The van der Waals surface area contributed by atoms with Crippen molar-refractivity contribution in [1.82, 2.24) is 15.1 Å². The average Bonchev–Trinajstić information content (AvgIpc) is 3.23. The fourth-order valence-corrected chi connectivity index (χ4v) is 3.29. The number of hydrogen-bond acceptors (Lipinski definition) is 6. The number of ether oxygens (including phenoxy) is 1. The van der Waals surface area contributed by atoms with Crippen LogP contribution in [0.4, 0.5) is 0 Å². The van der Waals surface area contributed by atoms with Crippen LogP contribution in [0.5, 0.6) is 5.75 Å². The number of aromatic nitrogens is 3. The van der Waals surface area contributed by atoms with Crippen molar-refractivity contribution in [3.8, 4) is 28.6 Å². The summed E-state index contributed by atoms with van der Waals surface area (Å²) in [6.07, 6.45) is 1.73. The lowest BCUT2D eigenvalue weighted by molar-refractivity contribution is 0.413. The van der Waals surface area contributed by atoms with E-state index < -0.39 is 0 Å². The Morgan fingerprint density at radius 2 is 2.17 bits per heavy atom. The van der Waals surface area contributed by atoms with E-state index in [4.69, 9.17) is 20.9 Å². The second kappa shape index (κ2) is 5.64. The molecule has 0 atom stereocenters. The highest BCUT2D eigenvalue weighted by Crippen LogP contribution is 2.35. The SMILES string of the molecule is COc1c(Cl)cccc1-c1noc(-c2cnc3sccc3c2)n1. The number of methoxy groups -OCH3 is 1. The Balaban J connectivity index is 1.78. The standard InChI is InChI=1S/C16H10ClN3O2S/c1-21-13-11(3-2-4-12(13)17)14-19-15(22-20-14)10-7-9-5-6-23-16(9)18-8-10/h2-8H,1H3. The molecule has 0 radical (unpaired) electrons. The van der Waals surface area contributed by atoms with Gasteiger partial charge in [0.2, 0.25) is 5.82 Å². The molecule has 0 aliphatic heterocycles. The molecule has 3 aromatic heterocycles. The van der Waals surface area contributed by atoms with Crippen LogP contribution in [0.25, 0.3) is 33.1 Å². The zero-order valence-corrected chi connectivity index (χ0v) is 13.6. The van der Waals surface area contributed by atoms with E-state index in [9.17, 15) is 0 Å². The molecular weight excluding hydrogens is 334 g/mol. The highest BCUT2D eigenvalue weighted by molar-refractivity contribution is 7.16. The van der Waals surface area contributed by atoms with Crippen LogP contribution in [0.1, 0.15) is 0 Å². The first-order valence-electron chi connectivity index (χ1n) is 6.76. The molecule has 23 heavy (non-hydrogen) atoms. The van der Waals surface area contributed by atoms with Crippen LogP contribution in [0.3, 0.4) is 0 Å². The van der Waals surface area contributed by atoms with E-state index in [1.807, 2.05) is 29.6 Å². The van der Waals surface area contributed by atoms with E-state index in [0.29, 0.717) is 28.1 Å². The average molecular weight is 344 g/mol. The largest absolute Gasteiger partial charge is 0.494 e. The van der Waals surface area contributed by atoms with Crippen molar-refractivity contribution in [1.29, 1.82) is 0 Å². The molecule has 7 heteroatoms. The molecule has 1 aromatic carbocycles. The van der Waals surface area contributed by atoms with Gasteiger partial charge in [0.15, 0.2) is 0 Å². The quantitative estimate of drug-likeness (QED) is 0.540. The Hall–Kier alpha value is -2.44. The summed E-state index contributed by atoms with van der Waals surface area (Å²) < 4.78 is 10.7. The van der Waals surface area contributed by atoms with Crippen molar-refractivity contribution in [2.24, 2.45) is 0 Å². The normalized spacial score (nSPS) is 11.0. The summed E-state index contributed by atoms with van der Waals surface area (Å²) in [7, 11) is 1.56. The van der Waals surface area contributed by atoms with Crippen molar-refractivity contribution >= 4 is 33.2 Å². The third kappa shape index (κ3) is 2.46. The van der Waals surface area contributed by atoms with Crippen LogP contribution >= 0.6 is 22.9 Å². The molecule has 0 unspecified atom stereocenters. The molecule has 0 spiro atoms. The van der Waals surface area contributed by atoms with E-state index >= 15 is 0 Å². The monoisotopic (exact) mass is 343 g/mol. The highest BCUT2D eigenvalue weighted by Gasteiger charge is 2.16. The maximum atomic E-state index is 6.14. The Morgan fingerprint density at radius 1 is 1.26 bits per heavy atom. The fourth-order valence-electron chi connectivity index (χ4n) is 2.32. The zero-order chi connectivity index (χ0) is 15.8. The van der Waals surface area contributed by atoms with Gasteiger partial charge in [-0.1, -0.05) is 22.8 Å². The minimum atomic E-state index is 0.405. The molecule has 4 rings (SSSR count). The molecule has 0 fully saturated rings. The van der Waals surface area contributed by atoms with Crippen LogP contribution in [0.2, 0.25) is 5.02 Å². The second-order valence-electron chi connectivity index (χ2n) is 4.78. The summed E-state index contributed by atoms with van der Waals surface area (Å²) in [4.78, 5) is 9.81.